The standard InChI is InChI=1S/C20H27FN10O10P2S2/c21-8-12-7(39-18(8)30-4-26-9-14(22)24-3-25-15(9)30)2-37-43(35,45)41-13-11(32)6(1-36-42(34,44)40-12)38-19(13)31-5-27-10-16(31)28-20(23)29-17(10)33/h3-8,11-13,18-19,32,34-35,42-45H,1-2H2,(H2,22,24,25)(H3,23,28,29,33)/t6-,7-,8-,11-,12-,13-,18-,19-/m1/s1. The maximum atomic E-state index is 16.0. The van der Waals surface area contributed by atoms with E-state index in [0.717, 1.165) is 0 Å². The van der Waals surface area contributed by atoms with Crippen LogP contribution in [0.2, 0.25) is 0 Å². The molecule has 3 aliphatic heterocycles. The molecule has 246 valence electrons. The van der Waals surface area contributed by atoms with E-state index in [1.807, 2.05) is 0 Å². The zero-order chi connectivity index (χ0) is 31.8. The van der Waals surface area contributed by atoms with Crippen LogP contribution in [0, 0.1) is 0 Å². The first-order valence-electron chi connectivity index (χ1n) is 13.1. The summed E-state index contributed by atoms with van der Waals surface area (Å²) in [6, 6.07) is 0. The molecule has 7 rings (SSSR count). The molecule has 0 unspecified atom stereocenters. The van der Waals surface area contributed by atoms with Crippen LogP contribution in [0.1, 0.15) is 12.5 Å². The molecule has 3 aliphatic rings. The number of aromatic nitrogens is 8. The molecule has 4 aromatic heterocycles. The number of halogens is 1. The Kier molecular flexibility index (Phi) is 7.92. The Morgan fingerprint density at radius 1 is 0.911 bits per heavy atom. The van der Waals surface area contributed by atoms with Crippen molar-refractivity contribution in [3.05, 3.63) is 29.3 Å². The minimum atomic E-state index is -4.50. The third-order valence-corrected chi connectivity index (χ3v) is 11.1. The van der Waals surface area contributed by atoms with E-state index in [-0.39, 0.29) is 34.1 Å². The van der Waals surface area contributed by atoms with Crippen molar-refractivity contribution in [3.63, 3.8) is 0 Å². The normalized spacial score (nSPS) is 34.9. The Hall–Kier alpha value is -2.37. The molecule has 20 nitrogen and oxygen atoms in total. The molecule has 8 N–H and O–H groups in total. The van der Waals surface area contributed by atoms with Crippen LogP contribution in [-0.4, -0.2) is 104 Å². The summed E-state index contributed by atoms with van der Waals surface area (Å²) in [5, 5.41) is 11.2. The molecule has 0 aliphatic carbocycles. The second-order valence-electron chi connectivity index (χ2n) is 10.3. The number of anilines is 2. The summed E-state index contributed by atoms with van der Waals surface area (Å²) in [6.45, 7) is -1.09. The van der Waals surface area contributed by atoms with E-state index in [9.17, 15) is 19.7 Å². The predicted octanol–water partition coefficient (Wildman–Crippen LogP) is -0.901. The number of hydrogen-bond donors (Lipinski definition) is 8. The summed E-state index contributed by atoms with van der Waals surface area (Å²) in [5.41, 5.74) is 11.2. The number of nitrogens with one attached hydrogen (secondary N) is 1. The van der Waals surface area contributed by atoms with Gasteiger partial charge in [-0.1, -0.05) is 0 Å². The summed E-state index contributed by atoms with van der Waals surface area (Å²) < 4.78 is 53.1. The van der Waals surface area contributed by atoms with Crippen LogP contribution in [0.5, 0.6) is 0 Å². The summed E-state index contributed by atoms with van der Waals surface area (Å²) >= 11 is 8.34. The number of H-pyrrole nitrogens is 1. The van der Waals surface area contributed by atoms with Gasteiger partial charge in [0, 0.05) is 0 Å². The Bertz CT molecular complexity index is 1820. The molecule has 0 radical (unpaired) electrons. The van der Waals surface area contributed by atoms with E-state index in [1.54, 1.807) is 0 Å². The molecule has 3 fully saturated rings. The van der Waals surface area contributed by atoms with Crippen molar-refractivity contribution in [3.8, 4) is 0 Å². The Morgan fingerprint density at radius 2 is 1.53 bits per heavy atom. The number of aromatic amines is 1. The fraction of sp³-hybridized carbons (Fsp3) is 0.500. The van der Waals surface area contributed by atoms with Crippen LogP contribution in [0.15, 0.2) is 23.8 Å². The Labute approximate surface area is 261 Å². The molecule has 45 heavy (non-hydrogen) atoms. The number of thiol groups is 2. The molecule has 2 bridgehead atoms. The van der Waals surface area contributed by atoms with E-state index in [0.29, 0.717) is 0 Å². The minimum absolute atomic E-state index is 0.0142. The summed E-state index contributed by atoms with van der Waals surface area (Å²) in [5.74, 6) is -0.149. The van der Waals surface area contributed by atoms with E-state index >= 15 is 4.39 Å². The number of imidazole rings is 2. The molecule has 3 saturated heterocycles. The van der Waals surface area contributed by atoms with Gasteiger partial charge >= 0.3 is 262 Å². The van der Waals surface area contributed by atoms with Crippen LogP contribution in [0.3, 0.4) is 0 Å². The van der Waals surface area contributed by atoms with Gasteiger partial charge in [0.2, 0.25) is 0 Å². The van der Waals surface area contributed by atoms with Gasteiger partial charge in [0.05, 0.1) is 0 Å². The van der Waals surface area contributed by atoms with Gasteiger partial charge in [0.1, 0.15) is 0 Å². The molecule has 0 saturated carbocycles. The second kappa shape index (κ2) is 11.4. The average molecular weight is 713 g/mol. The number of fused-ring (bicyclic) bond motifs is 5. The van der Waals surface area contributed by atoms with Crippen LogP contribution >= 0.6 is 38.8 Å². The van der Waals surface area contributed by atoms with E-state index < -0.39 is 82.2 Å². The van der Waals surface area contributed by atoms with Gasteiger partial charge < -0.3 is 0 Å². The number of ether oxygens (including phenoxy) is 2. The number of nitrogens with two attached hydrogens (primary N) is 2. The number of rotatable bonds is 2. The fourth-order valence-corrected chi connectivity index (χ4v) is 8.71. The SMILES string of the molecule is Nc1nc2c(ncn2[C@@H]2O[C@@H]3CO[PH](O)(S)O[C@H]4[C@@H](F)[C@H](n5cnc6c(N)ncnc65)O[C@@H]4CO[PH](O)(S)O[C@@H]2[C@@H]3O)c(=O)[nH]1. The molecular weight excluding hydrogens is 685 g/mol. The number of nitrogens with zero attached hydrogens (tertiary/aromatic N) is 7. The third-order valence-electron chi connectivity index (χ3n) is 7.42. The summed E-state index contributed by atoms with van der Waals surface area (Å²) in [6.07, 6.45) is -8.00. The zero-order valence-corrected chi connectivity index (χ0v) is 26.3. The molecule has 0 aromatic carbocycles. The van der Waals surface area contributed by atoms with Crippen molar-refractivity contribution in [2.75, 3.05) is 24.7 Å². The van der Waals surface area contributed by atoms with Gasteiger partial charge in [-0.25, -0.2) is 0 Å². The quantitative estimate of drug-likeness (QED) is 0.0923. The summed E-state index contributed by atoms with van der Waals surface area (Å²) in [7, 11) is -8.99. The Balaban J connectivity index is 1.20. The van der Waals surface area contributed by atoms with Crippen molar-refractivity contribution >= 4 is 72.9 Å². The molecule has 8 atom stereocenters. The number of aliphatic hydroxyl groups excluding tert-OH is 1. The van der Waals surface area contributed by atoms with Gasteiger partial charge in [0.15, 0.2) is 0 Å². The average Bonchev–Trinajstić information content (AvgIpc) is 3.72. The van der Waals surface area contributed by atoms with Gasteiger partial charge in [0.25, 0.3) is 0 Å². The van der Waals surface area contributed by atoms with Gasteiger partial charge in [-0.15, -0.1) is 0 Å². The molecule has 0 spiro atoms. The molecule has 25 heteroatoms. The molecule has 7 heterocycles. The predicted molar refractivity (Wildman–Crippen MR) is 162 cm³/mol. The third kappa shape index (κ3) is 5.64. The van der Waals surface area contributed by atoms with Crippen LogP contribution < -0.4 is 17.0 Å². The number of alkyl halides is 1. The number of hydrogen-bond acceptors (Lipinski definition) is 19. The first-order chi connectivity index (χ1) is 21.3. The summed E-state index contributed by atoms with van der Waals surface area (Å²) in [4.78, 5) is 57.1. The first-order valence-corrected chi connectivity index (χ1v) is 19.2. The number of aliphatic hydroxyl groups is 1. The first kappa shape index (κ1) is 31.2. The monoisotopic (exact) mass is 712 g/mol. The van der Waals surface area contributed by atoms with Crippen molar-refractivity contribution in [1.29, 1.82) is 0 Å². The van der Waals surface area contributed by atoms with Gasteiger partial charge in [-0.2, -0.15) is 0 Å². The van der Waals surface area contributed by atoms with E-state index in [2.05, 4.69) is 54.4 Å². The van der Waals surface area contributed by atoms with Crippen molar-refractivity contribution in [2.45, 2.75) is 49.1 Å². The van der Waals surface area contributed by atoms with Crippen LogP contribution in [-0.2, 0) is 27.6 Å². The molecule has 4 aromatic rings. The molecular formula is C20H27FN10O10P2S2. The van der Waals surface area contributed by atoms with Crippen molar-refractivity contribution in [2.24, 2.45) is 0 Å². The van der Waals surface area contributed by atoms with Crippen LogP contribution in [0.4, 0.5) is 16.2 Å². The molecule has 0 amide bonds. The maximum absolute atomic E-state index is 16.0. The van der Waals surface area contributed by atoms with Crippen molar-refractivity contribution in [1.82, 2.24) is 39.0 Å². The van der Waals surface area contributed by atoms with Crippen molar-refractivity contribution < 1.29 is 46.9 Å². The zero-order valence-electron chi connectivity index (χ0n) is 22.5. The van der Waals surface area contributed by atoms with E-state index in [4.69, 9.17) is 39.0 Å². The van der Waals surface area contributed by atoms with Gasteiger partial charge in [-0.05, 0) is 0 Å². The van der Waals surface area contributed by atoms with E-state index in [1.165, 1.54) is 28.1 Å². The second-order valence-corrected chi connectivity index (χ2v) is 16.9. The fourth-order valence-electron chi connectivity index (χ4n) is 5.39. The Morgan fingerprint density at radius 3 is 2.27 bits per heavy atom. The van der Waals surface area contributed by atoms with Crippen LogP contribution in [0.25, 0.3) is 22.3 Å². The number of nitrogen functional groups attached to an aromatic ring is 2. The van der Waals surface area contributed by atoms with Gasteiger partial charge in [-0.3, -0.25) is 0 Å². The topological polar surface area (TPSA) is 275 Å².